The third kappa shape index (κ3) is 4.20. The number of aromatic hydroxyl groups is 2. The second-order valence-corrected chi connectivity index (χ2v) is 8.61. The molecule has 0 radical (unpaired) electrons. The molecule has 0 aliphatic carbocycles. The Morgan fingerprint density at radius 2 is 1.40 bits per heavy atom. The Morgan fingerprint density at radius 3 is 2.03 bits per heavy atom. The molecule has 0 saturated heterocycles. The summed E-state index contributed by atoms with van der Waals surface area (Å²) >= 11 is 6.48. The summed E-state index contributed by atoms with van der Waals surface area (Å²) in [6.07, 6.45) is 3.24. The number of hydrogen-bond acceptors (Lipinski definition) is 3. The number of imidazole rings is 1. The highest BCUT2D eigenvalue weighted by Crippen LogP contribution is 2.41. The second kappa shape index (κ2) is 8.81. The first-order valence-electron chi connectivity index (χ1n) is 10.8. The van der Waals surface area contributed by atoms with Crippen molar-refractivity contribution in [2.75, 3.05) is 0 Å². The summed E-state index contributed by atoms with van der Waals surface area (Å²) in [6, 6.07) is 21.6. The Bertz CT molecular complexity index is 1620. The fraction of sp³-hybridized carbons (Fsp3) is 0.0357. The van der Waals surface area contributed by atoms with Crippen LogP contribution in [0.2, 0.25) is 5.02 Å². The van der Waals surface area contributed by atoms with Crippen LogP contribution < -0.4 is 5.69 Å². The zero-order chi connectivity index (χ0) is 24.7. The number of halogens is 2. The Morgan fingerprint density at radius 1 is 0.771 bits per heavy atom. The first-order chi connectivity index (χ1) is 16.8. The molecule has 35 heavy (non-hydrogen) atoms. The summed E-state index contributed by atoms with van der Waals surface area (Å²) in [5.41, 5.74) is 3.72. The lowest BCUT2D eigenvalue weighted by Crippen LogP contribution is -2.20. The van der Waals surface area contributed by atoms with E-state index in [1.54, 1.807) is 68.0 Å². The Hall–Kier alpha value is -4.29. The number of benzene rings is 4. The maximum Gasteiger partial charge on any atom is 0.332 e. The summed E-state index contributed by atoms with van der Waals surface area (Å²) in [5, 5.41) is 21.0. The molecule has 5 aromatic rings. The maximum atomic E-state index is 14.7. The Balaban J connectivity index is 1.58. The van der Waals surface area contributed by atoms with Crippen LogP contribution in [0.15, 0.2) is 96.1 Å². The summed E-state index contributed by atoms with van der Waals surface area (Å²) in [6.45, 7) is 0. The van der Waals surface area contributed by atoms with Crippen molar-refractivity contribution in [2.45, 2.75) is 0 Å². The Labute approximate surface area is 205 Å². The number of nitrogens with zero attached hydrogens (tertiary/aromatic N) is 2. The van der Waals surface area contributed by atoms with Crippen LogP contribution in [0, 0.1) is 5.82 Å². The van der Waals surface area contributed by atoms with Crippen molar-refractivity contribution >= 4 is 11.6 Å². The predicted molar refractivity (Wildman–Crippen MR) is 136 cm³/mol. The SMILES string of the molecule is Cn1ccn(-c2ccc(-c3cc(F)cc(-c4cccc(-c5ccc(O)cc5)c4)c3O)cc2Cl)c1=O. The Kier molecular flexibility index (Phi) is 5.67. The molecule has 1 aromatic heterocycles. The van der Waals surface area contributed by atoms with Crippen LogP contribution >= 0.6 is 11.6 Å². The molecule has 0 unspecified atom stereocenters. The van der Waals surface area contributed by atoms with Crippen molar-refractivity contribution in [3.8, 4) is 50.6 Å². The van der Waals surface area contributed by atoms with Gasteiger partial charge in [-0.1, -0.05) is 48.0 Å². The van der Waals surface area contributed by atoms with Crippen molar-refractivity contribution in [2.24, 2.45) is 7.05 Å². The van der Waals surface area contributed by atoms with Crippen LogP contribution in [0.4, 0.5) is 4.39 Å². The quantitative estimate of drug-likeness (QED) is 0.309. The molecule has 5 rings (SSSR count). The van der Waals surface area contributed by atoms with Crippen LogP contribution in [0.25, 0.3) is 39.1 Å². The minimum absolute atomic E-state index is 0.0880. The average molecular weight is 487 g/mol. The van der Waals surface area contributed by atoms with E-state index in [9.17, 15) is 19.4 Å². The number of hydrogen-bond donors (Lipinski definition) is 2. The van der Waals surface area contributed by atoms with Gasteiger partial charge in [0.15, 0.2) is 0 Å². The number of phenols is 2. The predicted octanol–water partition coefficient (Wildman–Crippen LogP) is 6.38. The fourth-order valence-corrected chi connectivity index (χ4v) is 4.35. The van der Waals surface area contributed by atoms with Gasteiger partial charge < -0.3 is 14.8 Å². The van der Waals surface area contributed by atoms with E-state index in [1.165, 1.54) is 21.3 Å². The van der Waals surface area contributed by atoms with E-state index in [2.05, 4.69) is 0 Å². The molecule has 1 heterocycles. The van der Waals surface area contributed by atoms with Crippen LogP contribution in [-0.2, 0) is 7.05 Å². The molecule has 0 aliphatic rings. The van der Waals surface area contributed by atoms with Gasteiger partial charge >= 0.3 is 5.69 Å². The molecule has 2 N–H and O–H groups in total. The molecular formula is C28H20ClFN2O3. The van der Waals surface area contributed by atoms with E-state index in [0.717, 1.165) is 11.1 Å². The van der Waals surface area contributed by atoms with Gasteiger partial charge in [0.2, 0.25) is 0 Å². The molecular weight excluding hydrogens is 467 g/mol. The lowest BCUT2D eigenvalue weighted by atomic mass is 9.94. The highest BCUT2D eigenvalue weighted by atomic mass is 35.5. The van der Waals surface area contributed by atoms with Gasteiger partial charge in [-0.15, -0.1) is 0 Å². The standard InChI is InChI=1S/C28H20ClFN2O3/c1-31-11-12-32(28(31)35)26-10-7-20(14-25(26)29)24-16-21(30)15-23(27(24)34)19-4-2-3-18(13-19)17-5-8-22(33)9-6-17/h2-16,33-34H,1H3. The summed E-state index contributed by atoms with van der Waals surface area (Å²) < 4.78 is 17.6. The van der Waals surface area contributed by atoms with Crippen molar-refractivity contribution in [3.05, 3.63) is 113 Å². The lowest BCUT2D eigenvalue weighted by molar-refractivity contribution is 0.475. The summed E-state index contributed by atoms with van der Waals surface area (Å²) in [5.74, 6) is -0.434. The van der Waals surface area contributed by atoms with Gasteiger partial charge in [-0.05, 0) is 64.7 Å². The molecule has 4 aromatic carbocycles. The first-order valence-corrected chi connectivity index (χ1v) is 11.2. The number of aryl methyl sites for hydroxylation is 1. The van der Waals surface area contributed by atoms with E-state index in [0.29, 0.717) is 22.4 Å². The highest BCUT2D eigenvalue weighted by Gasteiger charge is 2.16. The second-order valence-electron chi connectivity index (χ2n) is 8.21. The van der Waals surface area contributed by atoms with Crippen molar-refractivity contribution in [1.29, 1.82) is 0 Å². The molecule has 5 nitrogen and oxygen atoms in total. The largest absolute Gasteiger partial charge is 0.508 e. The molecule has 7 heteroatoms. The van der Waals surface area contributed by atoms with Gasteiger partial charge in [0.25, 0.3) is 0 Å². The van der Waals surface area contributed by atoms with E-state index in [-0.39, 0.29) is 27.8 Å². The van der Waals surface area contributed by atoms with Crippen molar-refractivity contribution in [3.63, 3.8) is 0 Å². The molecule has 0 amide bonds. The van der Waals surface area contributed by atoms with Crippen LogP contribution in [0.1, 0.15) is 0 Å². The van der Waals surface area contributed by atoms with Crippen LogP contribution in [0.3, 0.4) is 0 Å². The van der Waals surface area contributed by atoms with Gasteiger partial charge in [0.05, 0.1) is 10.7 Å². The van der Waals surface area contributed by atoms with Gasteiger partial charge in [0.1, 0.15) is 17.3 Å². The maximum absolute atomic E-state index is 14.7. The number of aromatic nitrogens is 2. The highest BCUT2D eigenvalue weighted by molar-refractivity contribution is 6.32. The van der Waals surface area contributed by atoms with E-state index in [1.807, 2.05) is 18.2 Å². The monoisotopic (exact) mass is 486 g/mol. The topological polar surface area (TPSA) is 67.4 Å². The molecule has 0 spiro atoms. The smallest absolute Gasteiger partial charge is 0.332 e. The molecule has 0 aliphatic heterocycles. The van der Waals surface area contributed by atoms with E-state index >= 15 is 0 Å². The molecule has 174 valence electrons. The van der Waals surface area contributed by atoms with Crippen LogP contribution in [-0.4, -0.2) is 19.3 Å². The lowest BCUT2D eigenvalue weighted by Gasteiger charge is -2.14. The fourth-order valence-electron chi connectivity index (χ4n) is 4.08. The number of rotatable bonds is 4. The minimum atomic E-state index is -0.512. The van der Waals surface area contributed by atoms with E-state index < -0.39 is 5.82 Å². The zero-order valence-electron chi connectivity index (χ0n) is 18.6. The first kappa shape index (κ1) is 22.5. The third-order valence-corrected chi connectivity index (χ3v) is 6.22. The number of phenolic OH excluding ortho intramolecular Hbond substituents is 2. The molecule has 0 atom stereocenters. The third-order valence-electron chi connectivity index (χ3n) is 5.91. The average Bonchev–Trinajstić information content (AvgIpc) is 3.18. The molecule has 0 fully saturated rings. The normalized spacial score (nSPS) is 11.1. The van der Waals surface area contributed by atoms with Crippen molar-refractivity contribution in [1.82, 2.24) is 9.13 Å². The summed E-state index contributed by atoms with van der Waals surface area (Å²) in [7, 11) is 1.64. The molecule has 0 bridgehead atoms. The van der Waals surface area contributed by atoms with E-state index in [4.69, 9.17) is 11.6 Å². The van der Waals surface area contributed by atoms with Crippen molar-refractivity contribution < 1.29 is 14.6 Å². The summed E-state index contributed by atoms with van der Waals surface area (Å²) in [4.78, 5) is 12.3. The zero-order valence-corrected chi connectivity index (χ0v) is 19.4. The van der Waals surface area contributed by atoms with Gasteiger partial charge in [-0.25, -0.2) is 9.18 Å². The van der Waals surface area contributed by atoms with Gasteiger partial charge in [-0.2, -0.15) is 0 Å². The minimum Gasteiger partial charge on any atom is -0.508 e. The van der Waals surface area contributed by atoms with Gasteiger partial charge in [-0.3, -0.25) is 4.57 Å². The van der Waals surface area contributed by atoms with Crippen LogP contribution in [0.5, 0.6) is 11.5 Å². The van der Waals surface area contributed by atoms with Gasteiger partial charge in [0, 0.05) is 30.6 Å². The molecule has 0 saturated carbocycles.